The third-order valence-electron chi connectivity index (χ3n) is 2.45. The van der Waals surface area contributed by atoms with Crippen molar-refractivity contribution < 1.29 is 0 Å². The summed E-state index contributed by atoms with van der Waals surface area (Å²) in [4.78, 5) is 9.43. The highest BCUT2D eigenvalue weighted by Crippen LogP contribution is 2.19. The molecule has 0 unspecified atom stereocenters. The highest BCUT2D eigenvalue weighted by molar-refractivity contribution is 7.11. The van der Waals surface area contributed by atoms with Crippen molar-refractivity contribution in [1.82, 2.24) is 4.98 Å². The van der Waals surface area contributed by atoms with Crippen LogP contribution >= 0.6 is 11.3 Å². The lowest BCUT2D eigenvalue weighted by Crippen LogP contribution is -2.17. The number of pyridine rings is 1. The van der Waals surface area contributed by atoms with E-state index in [2.05, 4.69) is 36.0 Å². The summed E-state index contributed by atoms with van der Waals surface area (Å²) in [6.45, 7) is 5.08. The molecular formula is C13H16N2S. The molecule has 0 atom stereocenters. The van der Waals surface area contributed by atoms with E-state index in [-0.39, 0.29) is 0 Å². The third-order valence-corrected chi connectivity index (χ3v) is 3.44. The zero-order chi connectivity index (χ0) is 11.5. The molecular weight excluding hydrogens is 216 g/mol. The van der Waals surface area contributed by atoms with E-state index < -0.39 is 0 Å². The van der Waals surface area contributed by atoms with Gasteiger partial charge in [-0.1, -0.05) is 6.07 Å². The van der Waals surface area contributed by atoms with Gasteiger partial charge in [-0.2, -0.15) is 0 Å². The Hall–Kier alpha value is -1.35. The van der Waals surface area contributed by atoms with Crippen LogP contribution in [0.1, 0.15) is 15.4 Å². The number of nitrogens with zero attached hydrogens (tertiary/aromatic N) is 2. The van der Waals surface area contributed by atoms with Gasteiger partial charge in [-0.05, 0) is 38.1 Å². The smallest absolute Gasteiger partial charge is 0.128 e. The maximum Gasteiger partial charge on any atom is 0.128 e. The molecule has 0 saturated carbocycles. The first-order valence-corrected chi connectivity index (χ1v) is 6.17. The highest BCUT2D eigenvalue weighted by atomic mass is 32.1. The second-order valence-electron chi connectivity index (χ2n) is 4.01. The van der Waals surface area contributed by atoms with Crippen LogP contribution < -0.4 is 4.90 Å². The third kappa shape index (κ3) is 2.61. The van der Waals surface area contributed by atoms with Crippen LogP contribution in [0.4, 0.5) is 5.82 Å². The molecule has 0 fully saturated rings. The molecule has 16 heavy (non-hydrogen) atoms. The fraction of sp³-hybridized carbons (Fsp3) is 0.308. The van der Waals surface area contributed by atoms with Crippen LogP contribution in [0, 0.1) is 13.8 Å². The molecule has 2 heterocycles. The van der Waals surface area contributed by atoms with Gasteiger partial charge in [-0.25, -0.2) is 4.98 Å². The van der Waals surface area contributed by atoms with Crippen molar-refractivity contribution in [2.24, 2.45) is 0 Å². The van der Waals surface area contributed by atoms with Crippen molar-refractivity contribution in [3.05, 3.63) is 45.8 Å². The first-order chi connectivity index (χ1) is 7.65. The molecule has 0 amide bonds. The largest absolute Gasteiger partial charge is 0.355 e. The van der Waals surface area contributed by atoms with Crippen molar-refractivity contribution in [2.45, 2.75) is 20.4 Å². The van der Waals surface area contributed by atoms with Crippen LogP contribution in [0.25, 0.3) is 0 Å². The Morgan fingerprint density at radius 1 is 1.19 bits per heavy atom. The average molecular weight is 232 g/mol. The van der Waals surface area contributed by atoms with Crippen LogP contribution in [0.5, 0.6) is 0 Å². The van der Waals surface area contributed by atoms with E-state index in [1.807, 2.05) is 36.5 Å². The van der Waals surface area contributed by atoms with Gasteiger partial charge in [0.15, 0.2) is 0 Å². The van der Waals surface area contributed by atoms with Gasteiger partial charge in [0.1, 0.15) is 5.82 Å². The van der Waals surface area contributed by atoms with E-state index in [0.717, 1.165) is 18.1 Å². The minimum absolute atomic E-state index is 0.926. The van der Waals surface area contributed by atoms with Gasteiger partial charge in [0.25, 0.3) is 0 Å². The molecule has 0 aliphatic heterocycles. The maximum atomic E-state index is 4.51. The number of aromatic nitrogens is 1. The van der Waals surface area contributed by atoms with Crippen LogP contribution in [0.3, 0.4) is 0 Å². The van der Waals surface area contributed by atoms with E-state index in [9.17, 15) is 0 Å². The summed E-state index contributed by atoms with van der Waals surface area (Å²) in [5.74, 6) is 1.03. The number of hydrogen-bond donors (Lipinski definition) is 0. The zero-order valence-corrected chi connectivity index (χ0v) is 10.7. The molecule has 84 valence electrons. The number of aryl methyl sites for hydroxylation is 2. The predicted molar refractivity (Wildman–Crippen MR) is 70.1 cm³/mol. The van der Waals surface area contributed by atoms with Crippen LogP contribution in [0.2, 0.25) is 0 Å². The fourth-order valence-corrected chi connectivity index (χ4v) is 2.57. The molecule has 0 bridgehead atoms. The summed E-state index contributed by atoms with van der Waals surface area (Å²) < 4.78 is 0. The summed E-state index contributed by atoms with van der Waals surface area (Å²) in [6, 6.07) is 10.5. The van der Waals surface area contributed by atoms with Gasteiger partial charge in [-0.15, -0.1) is 11.3 Å². The predicted octanol–water partition coefficient (Wildman–Crippen LogP) is 3.40. The molecule has 3 heteroatoms. The average Bonchev–Trinajstić information content (AvgIpc) is 2.64. The monoisotopic (exact) mass is 232 g/mol. The molecule has 0 aromatic carbocycles. The van der Waals surface area contributed by atoms with Gasteiger partial charge in [0.05, 0.1) is 6.54 Å². The quantitative estimate of drug-likeness (QED) is 0.806. The summed E-state index contributed by atoms with van der Waals surface area (Å²) in [5.41, 5.74) is 1.06. The first-order valence-electron chi connectivity index (χ1n) is 5.35. The Balaban J connectivity index is 2.11. The van der Waals surface area contributed by atoms with E-state index >= 15 is 0 Å². The number of rotatable bonds is 3. The van der Waals surface area contributed by atoms with E-state index in [4.69, 9.17) is 0 Å². The summed E-state index contributed by atoms with van der Waals surface area (Å²) in [7, 11) is 2.08. The Morgan fingerprint density at radius 3 is 2.62 bits per heavy atom. The van der Waals surface area contributed by atoms with Crippen LogP contribution in [0.15, 0.2) is 30.3 Å². The second kappa shape index (κ2) is 4.66. The lowest BCUT2D eigenvalue weighted by atomic mass is 10.3. The van der Waals surface area contributed by atoms with Crippen molar-refractivity contribution >= 4 is 17.2 Å². The minimum Gasteiger partial charge on any atom is -0.355 e. The summed E-state index contributed by atoms with van der Waals surface area (Å²) in [5, 5.41) is 0. The van der Waals surface area contributed by atoms with Gasteiger partial charge < -0.3 is 4.90 Å². The van der Waals surface area contributed by atoms with Crippen LogP contribution in [-0.2, 0) is 6.54 Å². The molecule has 0 N–H and O–H groups in total. The zero-order valence-electron chi connectivity index (χ0n) is 9.90. The molecule has 2 nitrogen and oxygen atoms in total. The molecule has 0 aliphatic rings. The molecule has 2 aromatic rings. The molecule has 0 radical (unpaired) electrons. The lowest BCUT2D eigenvalue weighted by molar-refractivity contribution is 0.906. The number of anilines is 1. The first kappa shape index (κ1) is 11.1. The normalized spacial score (nSPS) is 10.4. The van der Waals surface area contributed by atoms with Crippen molar-refractivity contribution in [3.8, 4) is 0 Å². The van der Waals surface area contributed by atoms with Gasteiger partial charge in [0, 0.05) is 22.5 Å². The van der Waals surface area contributed by atoms with Gasteiger partial charge >= 0.3 is 0 Å². The van der Waals surface area contributed by atoms with Crippen molar-refractivity contribution in [2.75, 3.05) is 11.9 Å². The summed E-state index contributed by atoms with van der Waals surface area (Å²) >= 11 is 1.85. The van der Waals surface area contributed by atoms with E-state index in [1.165, 1.54) is 9.75 Å². The van der Waals surface area contributed by atoms with Crippen molar-refractivity contribution in [1.29, 1.82) is 0 Å². The lowest BCUT2D eigenvalue weighted by Gasteiger charge is -2.17. The summed E-state index contributed by atoms with van der Waals surface area (Å²) in [6.07, 6.45) is 0. The fourth-order valence-electron chi connectivity index (χ4n) is 1.63. The standard InChI is InChI=1S/C13H16N2S/c1-10-5-4-6-13(14-10)15(3)9-12-8-7-11(2)16-12/h4-8H,9H2,1-3H3. The molecule has 0 spiro atoms. The molecule has 2 rings (SSSR count). The Bertz CT molecular complexity index is 476. The van der Waals surface area contributed by atoms with Gasteiger partial charge in [0.2, 0.25) is 0 Å². The Kier molecular flexibility index (Phi) is 3.25. The van der Waals surface area contributed by atoms with E-state index in [1.54, 1.807) is 0 Å². The Labute approximate surface area is 101 Å². The van der Waals surface area contributed by atoms with Crippen LogP contribution in [-0.4, -0.2) is 12.0 Å². The number of hydrogen-bond acceptors (Lipinski definition) is 3. The van der Waals surface area contributed by atoms with E-state index in [0.29, 0.717) is 0 Å². The topological polar surface area (TPSA) is 16.1 Å². The van der Waals surface area contributed by atoms with Gasteiger partial charge in [-0.3, -0.25) is 0 Å². The SMILES string of the molecule is Cc1cccc(N(C)Cc2ccc(C)s2)n1. The Morgan fingerprint density at radius 2 is 2.00 bits per heavy atom. The molecule has 0 saturated heterocycles. The molecule has 2 aromatic heterocycles. The minimum atomic E-state index is 0.926. The number of thiophene rings is 1. The highest BCUT2D eigenvalue weighted by Gasteiger charge is 2.04. The molecule has 0 aliphatic carbocycles. The maximum absolute atomic E-state index is 4.51. The van der Waals surface area contributed by atoms with Crippen molar-refractivity contribution in [3.63, 3.8) is 0 Å². The second-order valence-corrected chi connectivity index (χ2v) is 5.38.